The molecule has 1 aromatic heterocycles. The van der Waals surface area contributed by atoms with E-state index in [4.69, 9.17) is 9.47 Å². The van der Waals surface area contributed by atoms with Crippen molar-refractivity contribution in [3.05, 3.63) is 89.1 Å². The van der Waals surface area contributed by atoms with Gasteiger partial charge in [0.1, 0.15) is 12.6 Å². The van der Waals surface area contributed by atoms with E-state index in [9.17, 15) is 9.59 Å². The van der Waals surface area contributed by atoms with Crippen LogP contribution in [-0.4, -0.2) is 60.1 Å². The van der Waals surface area contributed by atoms with Gasteiger partial charge in [-0.3, -0.25) is 9.59 Å². The molecule has 2 atom stereocenters. The van der Waals surface area contributed by atoms with Crippen LogP contribution in [0, 0.1) is 0 Å². The van der Waals surface area contributed by atoms with Crippen molar-refractivity contribution in [3.63, 3.8) is 0 Å². The van der Waals surface area contributed by atoms with Gasteiger partial charge in [-0.1, -0.05) is 36.4 Å². The minimum atomic E-state index is -0.584. The molecule has 38 heavy (non-hydrogen) atoms. The van der Waals surface area contributed by atoms with Crippen LogP contribution in [-0.2, 0) is 22.6 Å². The van der Waals surface area contributed by atoms with Crippen LogP contribution in [0.5, 0.6) is 11.5 Å². The van der Waals surface area contributed by atoms with E-state index in [0.717, 1.165) is 39.0 Å². The number of amides is 2. The van der Waals surface area contributed by atoms with Crippen molar-refractivity contribution in [2.75, 3.05) is 32.3 Å². The molecular formula is C30H28N4O4. The average Bonchev–Trinajstić information content (AvgIpc) is 3.55. The Morgan fingerprint density at radius 3 is 2.58 bits per heavy atom. The normalized spacial score (nSPS) is 20.1. The lowest BCUT2D eigenvalue weighted by molar-refractivity contribution is -0.159. The highest BCUT2D eigenvalue weighted by Gasteiger charge is 2.48. The smallest absolute Gasteiger partial charge is 0.246 e. The summed E-state index contributed by atoms with van der Waals surface area (Å²) >= 11 is 0. The lowest BCUT2D eigenvalue weighted by atomic mass is 9.86. The molecule has 2 amide bonds. The Labute approximate surface area is 220 Å². The summed E-state index contributed by atoms with van der Waals surface area (Å²) in [5.41, 5.74) is 6.02. The van der Waals surface area contributed by atoms with Crippen LogP contribution >= 0.6 is 0 Å². The van der Waals surface area contributed by atoms with Crippen molar-refractivity contribution in [2.45, 2.75) is 25.0 Å². The average molecular weight is 509 g/mol. The number of para-hydroxylation sites is 1. The number of nitrogens with one attached hydrogen (secondary N) is 1. The number of benzene rings is 3. The highest BCUT2D eigenvalue weighted by atomic mass is 16.7. The Morgan fingerprint density at radius 1 is 0.974 bits per heavy atom. The number of ether oxygens (including phenoxy) is 2. The fourth-order valence-corrected chi connectivity index (χ4v) is 6.01. The molecule has 3 aliphatic rings. The minimum Gasteiger partial charge on any atom is -0.454 e. The Bertz CT molecular complexity index is 1580. The van der Waals surface area contributed by atoms with Crippen LogP contribution in [0.3, 0.4) is 0 Å². The molecular weight excluding hydrogens is 480 g/mol. The standard InChI is InChI=1S/C30H28N4O4/c1-32(2)20-10-7-18(8-11-20)15-33-16-27(35)34-24(30(33)36)14-22-21-5-3-4-6-23(21)31-28(22)29(34)19-9-12-25-26(13-19)38-17-37-25/h3-13,24,29,31H,14-17H2,1-2H3/t24-,29-/m1/s1. The minimum absolute atomic E-state index is 0.0250. The monoisotopic (exact) mass is 508 g/mol. The van der Waals surface area contributed by atoms with E-state index in [2.05, 4.69) is 11.1 Å². The summed E-state index contributed by atoms with van der Waals surface area (Å²) in [5, 5.41) is 1.09. The second-order valence-corrected chi connectivity index (χ2v) is 10.4. The topological polar surface area (TPSA) is 78.1 Å². The maximum Gasteiger partial charge on any atom is 0.246 e. The van der Waals surface area contributed by atoms with Gasteiger partial charge in [0.05, 0.1) is 6.04 Å². The molecule has 0 unspecified atom stereocenters. The van der Waals surface area contributed by atoms with Gasteiger partial charge < -0.3 is 29.2 Å². The van der Waals surface area contributed by atoms with Crippen molar-refractivity contribution in [1.29, 1.82) is 0 Å². The molecule has 0 bridgehead atoms. The summed E-state index contributed by atoms with van der Waals surface area (Å²) in [6, 6.07) is 21.0. The fourth-order valence-electron chi connectivity index (χ4n) is 6.01. The summed E-state index contributed by atoms with van der Waals surface area (Å²) < 4.78 is 11.2. The van der Waals surface area contributed by atoms with Crippen LogP contribution in [0.2, 0.25) is 0 Å². The zero-order valence-electron chi connectivity index (χ0n) is 21.3. The van der Waals surface area contributed by atoms with Crippen LogP contribution in [0.1, 0.15) is 28.4 Å². The lowest BCUT2D eigenvalue weighted by Crippen LogP contribution is -2.62. The molecule has 7 rings (SSSR count). The number of hydrogen-bond donors (Lipinski definition) is 1. The molecule has 8 heteroatoms. The Balaban J connectivity index is 1.29. The highest BCUT2D eigenvalue weighted by Crippen LogP contribution is 2.45. The zero-order valence-corrected chi connectivity index (χ0v) is 21.3. The van der Waals surface area contributed by atoms with E-state index in [0.29, 0.717) is 24.5 Å². The summed E-state index contributed by atoms with van der Waals surface area (Å²) in [6.07, 6.45) is 0.473. The van der Waals surface area contributed by atoms with Crippen molar-refractivity contribution >= 4 is 28.4 Å². The number of piperazine rings is 1. The van der Waals surface area contributed by atoms with Crippen molar-refractivity contribution < 1.29 is 19.1 Å². The van der Waals surface area contributed by atoms with E-state index >= 15 is 0 Å². The second kappa shape index (κ2) is 8.55. The van der Waals surface area contributed by atoms with Gasteiger partial charge in [-0.2, -0.15) is 0 Å². The fraction of sp³-hybridized carbons (Fsp3) is 0.267. The number of aromatic amines is 1. The predicted octanol–water partition coefficient (Wildman–Crippen LogP) is 3.85. The van der Waals surface area contributed by atoms with Crippen LogP contribution in [0.25, 0.3) is 10.9 Å². The Kier molecular flexibility index (Phi) is 5.11. The van der Waals surface area contributed by atoms with Crippen LogP contribution in [0.15, 0.2) is 66.7 Å². The lowest BCUT2D eigenvalue weighted by Gasteiger charge is -2.47. The molecule has 3 aromatic carbocycles. The second-order valence-electron chi connectivity index (χ2n) is 10.4. The van der Waals surface area contributed by atoms with E-state index in [1.165, 1.54) is 0 Å². The summed E-state index contributed by atoms with van der Waals surface area (Å²) in [4.78, 5) is 36.9. The first-order valence-corrected chi connectivity index (χ1v) is 12.8. The number of aromatic nitrogens is 1. The number of fused-ring (bicyclic) bond motifs is 5. The predicted molar refractivity (Wildman–Crippen MR) is 143 cm³/mol. The van der Waals surface area contributed by atoms with Crippen molar-refractivity contribution in [3.8, 4) is 11.5 Å². The molecule has 0 radical (unpaired) electrons. The van der Waals surface area contributed by atoms with Gasteiger partial charge in [-0.25, -0.2) is 0 Å². The number of rotatable bonds is 4. The number of carbonyl (C=O) groups excluding carboxylic acids is 2. The first kappa shape index (κ1) is 22.7. The zero-order chi connectivity index (χ0) is 26.0. The molecule has 8 nitrogen and oxygen atoms in total. The van der Waals surface area contributed by atoms with Crippen molar-refractivity contribution in [1.82, 2.24) is 14.8 Å². The number of hydrogen-bond acceptors (Lipinski definition) is 5. The number of nitrogens with zero attached hydrogens (tertiary/aromatic N) is 3. The van der Waals surface area contributed by atoms with Gasteiger partial charge in [0, 0.05) is 49.3 Å². The molecule has 0 saturated carbocycles. The summed E-state index contributed by atoms with van der Waals surface area (Å²) in [6.45, 7) is 0.620. The molecule has 0 spiro atoms. The maximum atomic E-state index is 14.0. The third-order valence-corrected chi connectivity index (χ3v) is 7.88. The molecule has 1 saturated heterocycles. The van der Waals surface area contributed by atoms with E-state index in [1.807, 2.05) is 79.7 Å². The molecule has 4 heterocycles. The van der Waals surface area contributed by atoms with Gasteiger partial charge >= 0.3 is 0 Å². The molecule has 3 aliphatic heterocycles. The molecule has 4 aromatic rings. The van der Waals surface area contributed by atoms with Gasteiger partial charge in [-0.15, -0.1) is 0 Å². The largest absolute Gasteiger partial charge is 0.454 e. The molecule has 0 aliphatic carbocycles. The number of anilines is 1. The number of carbonyl (C=O) groups is 2. The van der Waals surface area contributed by atoms with Gasteiger partial charge in [0.25, 0.3) is 0 Å². The molecule has 1 N–H and O–H groups in total. The summed E-state index contributed by atoms with van der Waals surface area (Å²) in [7, 11) is 3.99. The van der Waals surface area contributed by atoms with Crippen molar-refractivity contribution in [2.24, 2.45) is 0 Å². The highest BCUT2D eigenvalue weighted by molar-refractivity contribution is 5.97. The van der Waals surface area contributed by atoms with Gasteiger partial charge in [0.15, 0.2) is 11.5 Å². The number of H-pyrrole nitrogens is 1. The van der Waals surface area contributed by atoms with Crippen LogP contribution in [0.4, 0.5) is 5.69 Å². The third kappa shape index (κ3) is 3.51. The van der Waals surface area contributed by atoms with E-state index in [-0.39, 0.29) is 25.2 Å². The Hall–Kier alpha value is -4.46. The first-order valence-electron chi connectivity index (χ1n) is 12.8. The molecule has 1 fully saturated rings. The van der Waals surface area contributed by atoms with E-state index in [1.54, 1.807) is 9.80 Å². The maximum absolute atomic E-state index is 14.0. The van der Waals surface area contributed by atoms with E-state index < -0.39 is 12.1 Å². The van der Waals surface area contributed by atoms with Gasteiger partial charge in [-0.05, 0) is 47.0 Å². The van der Waals surface area contributed by atoms with Gasteiger partial charge in [0.2, 0.25) is 18.6 Å². The quantitative estimate of drug-likeness (QED) is 0.453. The third-order valence-electron chi connectivity index (χ3n) is 7.88. The first-order chi connectivity index (χ1) is 18.5. The van der Waals surface area contributed by atoms with Crippen LogP contribution < -0.4 is 14.4 Å². The summed E-state index contributed by atoms with van der Waals surface area (Å²) in [5.74, 6) is 1.25. The molecule has 192 valence electrons. The SMILES string of the molecule is CN(C)c1ccc(CN2CC(=O)N3[C@H](c4ccc5c(c4)OCO5)c4[nH]c5ccccc5c4C[C@@H]3C2=O)cc1. The Morgan fingerprint density at radius 2 is 1.76 bits per heavy atom.